The first-order chi connectivity index (χ1) is 7.50. The lowest BCUT2D eigenvalue weighted by molar-refractivity contribution is 0.111. The van der Waals surface area contributed by atoms with Gasteiger partial charge in [-0.15, -0.1) is 0 Å². The Labute approximate surface area is 102 Å². The van der Waals surface area contributed by atoms with Gasteiger partial charge in [0, 0.05) is 18.0 Å². The highest BCUT2D eigenvalue weighted by atomic mass is 35.5. The number of hydrogen-bond acceptors (Lipinski definition) is 2. The number of hydrogen-bond donors (Lipinski definition) is 1. The van der Waals surface area contributed by atoms with Crippen LogP contribution in [0.3, 0.4) is 0 Å². The lowest BCUT2D eigenvalue weighted by Crippen LogP contribution is -2.34. The zero-order valence-corrected chi connectivity index (χ0v) is 10.8. The molecule has 3 heteroatoms. The molecule has 0 saturated carbocycles. The van der Waals surface area contributed by atoms with Crippen molar-refractivity contribution >= 4 is 11.6 Å². The minimum atomic E-state index is -0.0767. The summed E-state index contributed by atoms with van der Waals surface area (Å²) >= 11 is 6.13. The number of nitrogens with one attached hydrogen (secondary N) is 1. The second kappa shape index (κ2) is 4.27. The highest BCUT2D eigenvalue weighted by Crippen LogP contribution is 2.29. The molecule has 1 heterocycles. The molecule has 1 saturated heterocycles. The fraction of sp³-hybridized carbons (Fsp3) is 0.538. The van der Waals surface area contributed by atoms with Gasteiger partial charge in [0.25, 0.3) is 0 Å². The molecular formula is C13H18ClNO. The van der Waals surface area contributed by atoms with Gasteiger partial charge in [-0.2, -0.15) is 0 Å². The quantitative estimate of drug-likeness (QED) is 0.857. The van der Waals surface area contributed by atoms with Crippen LogP contribution >= 0.6 is 11.6 Å². The molecule has 1 fully saturated rings. The third-order valence-corrected chi connectivity index (χ3v) is 3.70. The summed E-state index contributed by atoms with van der Waals surface area (Å²) in [6.45, 7) is 8.11. The summed E-state index contributed by atoms with van der Waals surface area (Å²) < 4.78 is 6.06. The lowest BCUT2D eigenvalue weighted by Gasteiger charge is -2.25. The van der Waals surface area contributed by atoms with Gasteiger partial charge < -0.3 is 10.1 Å². The van der Waals surface area contributed by atoms with Gasteiger partial charge in [0.2, 0.25) is 0 Å². The minimum absolute atomic E-state index is 0.0767. The molecule has 16 heavy (non-hydrogen) atoms. The lowest BCUT2D eigenvalue weighted by atomic mass is 10.1. The molecule has 0 bridgehead atoms. The first-order valence-electron chi connectivity index (χ1n) is 5.67. The molecule has 0 spiro atoms. The van der Waals surface area contributed by atoms with E-state index in [2.05, 4.69) is 12.2 Å². The molecule has 1 aliphatic heterocycles. The normalized spacial score (nSPS) is 24.8. The predicted octanol–water partition coefficient (Wildman–Crippen LogP) is 3.09. The standard InChI is InChI=1S/C13H18ClNO/c1-9-6-11(7-10(2)12(9)14)16-13(3)4-5-15-8-13/h6-7,15H,4-5,8H2,1-3H3. The summed E-state index contributed by atoms with van der Waals surface area (Å²) in [5, 5.41) is 4.16. The molecule has 1 N–H and O–H groups in total. The van der Waals surface area contributed by atoms with E-state index in [1.165, 1.54) is 0 Å². The Bertz CT molecular complexity index is 374. The van der Waals surface area contributed by atoms with E-state index in [1.807, 2.05) is 26.0 Å². The van der Waals surface area contributed by atoms with E-state index in [1.54, 1.807) is 0 Å². The van der Waals surface area contributed by atoms with Crippen molar-refractivity contribution < 1.29 is 4.74 Å². The summed E-state index contributed by atoms with van der Waals surface area (Å²) in [6, 6.07) is 4.03. The molecule has 0 aliphatic carbocycles. The Morgan fingerprint density at radius 1 is 1.31 bits per heavy atom. The molecular weight excluding hydrogens is 222 g/mol. The fourth-order valence-electron chi connectivity index (χ4n) is 2.13. The zero-order chi connectivity index (χ0) is 11.8. The Morgan fingerprint density at radius 3 is 2.44 bits per heavy atom. The van der Waals surface area contributed by atoms with Gasteiger partial charge in [-0.25, -0.2) is 0 Å². The maximum absolute atomic E-state index is 6.13. The van der Waals surface area contributed by atoms with Gasteiger partial charge in [0.15, 0.2) is 0 Å². The van der Waals surface area contributed by atoms with Crippen LogP contribution in [0.1, 0.15) is 24.5 Å². The number of halogens is 1. The highest BCUT2D eigenvalue weighted by molar-refractivity contribution is 6.32. The van der Waals surface area contributed by atoms with Crippen LogP contribution < -0.4 is 10.1 Å². The van der Waals surface area contributed by atoms with E-state index < -0.39 is 0 Å². The Morgan fingerprint density at radius 2 is 1.94 bits per heavy atom. The van der Waals surface area contributed by atoms with Crippen LogP contribution in [0, 0.1) is 13.8 Å². The van der Waals surface area contributed by atoms with E-state index in [4.69, 9.17) is 16.3 Å². The summed E-state index contributed by atoms with van der Waals surface area (Å²) in [6.07, 6.45) is 1.05. The summed E-state index contributed by atoms with van der Waals surface area (Å²) in [5.74, 6) is 0.922. The Balaban J connectivity index is 2.22. The largest absolute Gasteiger partial charge is 0.486 e. The van der Waals surface area contributed by atoms with Crippen LogP contribution in [-0.2, 0) is 0 Å². The zero-order valence-electron chi connectivity index (χ0n) is 10.1. The van der Waals surface area contributed by atoms with Crippen molar-refractivity contribution in [2.45, 2.75) is 32.8 Å². The molecule has 1 aromatic rings. The molecule has 1 unspecified atom stereocenters. The van der Waals surface area contributed by atoms with Crippen molar-refractivity contribution in [3.8, 4) is 5.75 Å². The number of ether oxygens (including phenoxy) is 1. The minimum Gasteiger partial charge on any atom is -0.486 e. The van der Waals surface area contributed by atoms with E-state index in [9.17, 15) is 0 Å². The van der Waals surface area contributed by atoms with Crippen LogP contribution in [0.5, 0.6) is 5.75 Å². The Kier molecular flexibility index (Phi) is 3.13. The number of benzene rings is 1. The summed E-state index contributed by atoms with van der Waals surface area (Å²) in [5.41, 5.74) is 2.07. The van der Waals surface area contributed by atoms with Crippen molar-refractivity contribution in [2.24, 2.45) is 0 Å². The molecule has 0 aromatic heterocycles. The molecule has 2 nitrogen and oxygen atoms in total. The smallest absolute Gasteiger partial charge is 0.120 e. The molecule has 1 aromatic carbocycles. The van der Waals surface area contributed by atoms with Gasteiger partial charge in [0.1, 0.15) is 11.4 Å². The van der Waals surface area contributed by atoms with Crippen molar-refractivity contribution in [3.63, 3.8) is 0 Å². The van der Waals surface area contributed by atoms with E-state index in [0.717, 1.165) is 41.4 Å². The van der Waals surface area contributed by atoms with Crippen LogP contribution in [0.15, 0.2) is 12.1 Å². The van der Waals surface area contributed by atoms with Crippen LogP contribution in [0.25, 0.3) is 0 Å². The van der Waals surface area contributed by atoms with Gasteiger partial charge >= 0.3 is 0 Å². The molecule has 0 amide bonds. The second-order valence-electron chi connectivity index (χ2n) is 4.85. The van der Waals surface area contributed by atoms with Gasteiger partial charge in [-0.05, 0) is 50.6 Å². The third-order valence-electron chi connectivity index (χ3n) is 3.10. The maximum atomic E-state index is 6.13. The highest BCUT2D eigenvalue weighted by Gasteiger charge is 2.30. The topological polar surface area (TPSA) is 21.3 Å². The second-order valence-corrected chi connectivity index (χ2v) is 5.23. The average Bonchev–Trinajstić information content (AvgIpc) is 2.61. The van der Waals surface area contributed by atoms with E-state index in [-0.39, 0.29) is 5.60 Å². The van der Waals surface area contributed by atoms with Crippen LogP contribution in [0.4, 0.5) is 0 Å². The molecule has 1 aliphatic rings. The van der Waals surface area contributed by atoms with Gasteiger partial charge in [-0.1, -0.05) is 11.6 Å². The van der Waals surface area contributed by atoms with Crippen molar-refractivity contribution in [1.29, 1.82) is 0 Å². The number of rotatable bonds is 2. The first-order valence-corrected chi connectivity index (χ1v) is 6.04. The molecule has 0 radical (unpaired) electrons. The average molecular weight is 240 g/mol. The fourth-order valence-corrected chi connectivity index (χ4v) is 2.24. The van der Waals surface area contributed by atoms with Crippen LogP contribution in [0.2, 0.25) is 5.02 Å². The van der Waals surface area contributed by atoms with Gasteiger partial charge in [-0.3, -0.25) is 0 Å². The van der Waals surface area contributed by atoms with Gasteiger partial charge in [0.05, 0.1) is 0 Å². The third kappa shape index (κ3) is 2.33. The number of aryl methyl sites for hydroxylation is 2. The molecule has 1 atom stereocenters. The monoisotopic (exact) mass is 239 g/mol. The van der Waals surface area contributed by atoms with Crippen molar-refractivity contribution in [2.75, 3.05) is 13.1 Å². The maximum Gasteiger partial charge on any atom is 0.120 e. The van der Waals surface area contributed by atoms with E-state index >= 15 is 0 Å². The van der Waals surface area contributed by atoms with E-state index in [0.29, 0.717) is 0 Å². The Hall–Kier alpha value is -0.730. The summed E-state index contributed by atoms with van der Waals surface area (Å²) in [7, 11) is 0. The van der Waals surface area contributed by atoms with Crippen molar-refractivity contribution in [1.82, 2.24) is 5.32 Å². The molecule has 2 rings (SSSR count). The molecule has 88 valence electrons. The van der Waals surface area contributed by atoms with Crippen LogP contribution in [-0.4, -0.2) is 18.7 Å². The SMILES string of the molecule is Cc1cc(OC2(C)CCNC2)cc(C)c1Cl. The summed E-state index contributed by atoms with van der Waals surface area (Å²) in [4.78, 5) is 0. The first kappa shape index (κ1) is 11.7. The van der Waals surface area contributed by atoms with Crippen molar-refractivity contribution in [3.05, 3.63) is 28.3 Å². The predicted molar refractivity (Wildman–Crippen MR) is 67.4 cm³/mol.